The third-order valence-corrected chi connectivity index (χ3v) is 6.48. The van der Waals surface area contributed by atoms with Crippen molar-refractivity contribution in [3.8, 4) is 11.1 Å². The third kappa shape index (κ3) is 3.48. The minimum Gasteiger partial charge on any atom is -0.381 e. The Morgan fingerprint density at radius 2 is 1.93 bits per heavy atom. The standard InChI is InChI=1S/C19H22N4O4S/c1-13-9-15(11-22(2)19(13)24)14-3-4-17-20-10-18(23(17)12-14)28(25,26)21-16-5-7-27-8-6-16/h3-4,9-12,16,21H,5-8H2,1-2H3. The van der Waals surface area contributed by atoms with Gasteiger partial charge in [-0.3, -0.25) is 9.20 Å². The Kier molecular flexibility index (Phi) is 4.82. The predicted octanol–water partition coefficient (Wildman–Crippen LogP) is 1.47. The van der Waals surface area contributed by atoms with Gasteiger partial charge in [0.1, 0.15) is 5.65 Å². The molecule has 0 spiro atoms. The Hall–Kier alpha value is -2.49. The van der Waals surface area contributed by atoms with Crippen molar-refractivity contribution in [1.29, 1.82) is 0 Å². The minimum absolute atomic E-state index is 0.0589. The summed E-state index contributed by atoms with van der Waals surface area (Å²) in [6.45, 7) is 2.86. The molecule has 8 nitrogen and oxygen atoms in total. The number of aromatic nitrogens is 3. The highest BCUT2D eigenvalue weighted by Gasteiger charge is 2.25. The van der Waals surface area contributed by atoms with Gasteiger partial charge in [0.2, 0.25) is 0 Å². The summed E-state index contributed by atoms with van der Waals surface area (Å²) in [4.78, 5) is 16.2. The van der Waals surface area contributed by atoms with Gasteiger partial charge in [0.25, 0.3) is 15.6 Å². The fraction of sp³-hybridized carbons (Fsp3) is 0.368. The van der Waals surface area contributed by atoms with E-state index in [0.717, 1.165) is 11.1 Å². The van der Waals surface area contributed by atoms with Crippen molar-refractivity contribution in [1.82, 2.24) is 18.7 Å². The number of ether oxygens (including phenoxy) is 1. The van der Waals surface area contributed by atoms with Gasteiger partial charge < -0.3 is 9.30 Å². The molecule has 0 aromatic carbocycles. The lowest BCUT2D eigenvalue weighted by Gasteiger charge is -2.22. The molecular formula is C19H22N4O4S. The number of nitrogens with zero attached hydrogens (tertiary/aromatic N) is 3. The molecule has 1 fully saturated rings. The fourth-order valence-electron chi connectivity index (χ4n) is 3.46. The Balaban J connectivity index is 1.75. The molecule has 4 rings (SSSR count). The first kappa shape index (κ1) is 18.9. The normalized spacial score (nSPS) is 15.9. The van der Waals surface area contributed by atoms with Crippen LogP contribution in [0.15, 0.2) is 46.6 Å². The van der Waals surface area contributed by atoms with Crippen LogP contribution in [0.4, 0.5) is 0 Å². The van der Waals surface area contributed by atoms with Gasteiger partial charge in [-0.1, -0.05) is 0 Å². The smallest absolute Gasteiger partial charge is 0.258 e. The Labute approximate surface area is 162 Å². The maximum absolute atomic E-state index is 12.9. The van der Waals surface area contributed by atoms with Gasteiger partial charge in [-0.2, -0.15) is 0 Å². The van der Waals surface area contributed by atoms with Gasteiger partial charge in [-0.05, 0) is 49.1 Å². The van der Waals surface area contributed by atoms with E-state index in [-0.39, 0.29) is 16.6 Å². The molecule has 3 aromatic heterocycles. The number of rotatable bonds is 4. The van der Waals surface area contributed by atoms with Crippen molar-refractivity contribution in [3.05, 3.63) is 52.7 Å². The van der Waals surface area contributed by atoms with Gasteiger partial charge in [0.15, 0.2) is 5.03 Å². The van der Waals surface area contributed by atoms with E-state index in [1.165, 1.54) is 10.8 Å². The monoisotopic (exact) mass is 402 g/mol. The van der Waals surface area contributed by atoms with E-state index >= 15 is 0 Å². The quantitative estimate of drug-likeness (QED) is 0.713. The van der Waals surface area contributed by atoms with Gasteiger partial charge >= 0.3 is 0 Å². The first-order valence-electron chi connectivity index (χ1n) is 9.10. The fourth-order valence-corrected chi connectivity index (χ4v) is 4.85. The number of aryl methyl sites for hydroxylation is 2. The van der Waals surface area contributed by atoms with Crippen LogP contribution in [-0.2, 0) is 21.8 Å². The van der Waals surface area contributed by atoms with Gasteiger partial charge in [-0.25, -0.2) is 18.1 Å². The maximum atomic E-state index is 12.9. The summed E-state index contributed by atoms with van der Waals surface area (Å²) in [5, 5.41) is 0.0948. The number of hydrogen-bond donors (Lipinski definition) is 1. The highest BCUT2D eigenvalue weighted by molar-refractivity contribution is 7.89. The van der Waals surface area contributed by atoms with Gasteiger partial charge in [-0.15, -0.1) is 0 Å². The number of nitrogens with one attached hydrogen (secondary N) is 1. The van der Waals surface area contributed by atoms with Crippen molar-refractivity contribution < 1.29 is 13.2 Å². The molecule has 0 aliphatic carbocycles. The minimum atomic E-state index is -3.73. The summed E-state index contributed by atoms with van der Waals surface area (Å²) in [6.07, 6.45) is 6.14. The lowest BCUT2D eigenvalue weighted by Crippen LogP contribution is -2.39. The van der Waals surface area contributed by atoms with Crippen molar-refractivity contribution in [2.24, 2.45) is 7.05 Å². The molecular weight excluding hydrogens is 380 g/mol. The van der Waals surface area contributed by atoms with Crippen LogP contribution in [0.2, 0.25) is 0 Å². The molecule has 3 aromatic rings. The summed E-state index contributed by atoms with van der Waals surface area (Å²) >= 11 is 0. The molecule has 28 heavy (non-hydrogen) atoms. The van der Waals surface area contributed by atoms with Gasteiger partial charge in [0.05, 0.1) is 6.20 Å². The largest absolute Gasteiger partial charge is 0.381 e. The summed E-state index contributed by atoms with van der Waals surface area (Å²) in [6, 6.07) is 5.29. The molecule has 1 aliphatic heterocycles. The molecule has 0 saturated carbocycles. The molecule has 9 heteroatoms. The van der Waals surface area contributed by atoms with E-state index in [2.05, 4.69) is 9.71 Å². The highest BCUT2D eigenvalue weighted by atomic mass is 32.2. The van der Waals surface area contributed by atoms with Crippen molar-refractivity contribution in [3.63, 3.8) is 0 Å². The number of sulfonamides is 1. The molecule has 0 unspecified atom stereocenters. The SMILES string of the molecule is Cc1cc(-c2ccc3ncc(S(=O)(=O)NC4CCOCC4)n3c2)cn(C)c1=O. The van der Waals surface area contributed by atoms with Crippen LogP contribution in [0.5, 0.6) is 0 Å². The number of imidazole rings is 1. The second-order valence-corrected chi connectivity index (χ2v) is 8.74. The van der Waals surface area contributed by atoms with Crippen molar-refractivity contribution >= 4 is 15.7 Å². The summed E-state index contributed by atoms with van der Waals surface area (Å²) in [7, 11) is -2.03. The van der Waals surface area contributed by atoms with Crippen molar-refractivity contribution in [2.75, 3.05) is 13.2 Å². The van der Waals surface area contributed by atoms with Gasteiger partial charge in [0, 0.05) is 44.3 Å². The van der Waals surface area contributed by atoms with Crippen LogP contribution in [0, 0.1) is 6.92 Å². The van der Waals surface area contributed by atoms with Crippen LogP contribution in [0.1, 0.15) is 18.4 Å². The molecule has 4 heterocycles. The zero-order valence-corrected chi connectivity index (χ0v) is 16.6. The summed E-state index contributed by atoms with van der Waals surface area (Å²) < 4.78 is 37.0. The van der Waals surface area contributed by atoms with Crippen molar-refractivity contribution in [2.45, 2.75) is 30.8 Å². The molecule has 1 N–H and O–H groups in total. The summed E-state index contributed by atoms with van der Waals surface area (Å²) in [5.41, 5.74) is 2.73. The molecule has 0 radical (unpaired) electrons. The summed E-state index contributed by atoms with van der Waals surface area (Å²) in [5.74, 6) is 0. The topological polar surface area (TPSA) is 94.7 Å². The maximum Gasteiger partial charge on any atom is 0.258 e. The lowest BCUT2D eigenvalue weighted by atomic mass is 10.1. The van der Waals surface area contributed by atoms with E-state index in [1.54, 1.807) is 42.9 Å². The van der Waals surface area contributed by atoms with Crippen LogP contribution in [0.25, 0.3) is 16.8 Å². The second kappa shape index (κ2) is 7.16. The third-order valence-electron chi connectivity index (χ3n) is 4.99. The Morgan fingerprint density at radius 3 is 2.64 bits per heavy atom. The van der Waals surface area contributed by atoms with E-state index in [1.807, 2.05) is 6.07 Å². The van der Waals surface area contributed by atoms with Crippen LogP contribution in [-0.4, -0.2) is 41.6 Å². The van der Waals surface area contributed by atoms with E-state index < -0.39 is 10.0 Å². The Morgan fingerprint density at radius 1 is 1.18 bits per heavy atom. The first-order chi connectivity index (χ1) is 13.3. The zero-order valence-electron chi connectivity index (χ0n) is 15.8. The second-order valence-electron chi connectivity index (χ2n) is 7.08. The van der Waals surface area contributed by atoms with E-state index in [0.29, 0.717) is 37.3 Å². The van der Waals surface area contributed by atoms with Crippen LogP contribution >= 0.6 is 0 Å². The lowest BCUT2D eigenvalue weighted by molar-refractivity contribution is 0.0832. The Bertz CT molecular complexity index is 1160. The van der Waals surface area contributed by atoms with E-state index in [4.69, 9.17) is 4.74 Å². The van der Waals surface area contributed by atoms with Crippen LogP contribution < -0.4 is 10.3 Å². The first-order valence-corrected chi connectivity index (χ1v) is 10.6. The molecule has 148 valence electrons. The highest BCUT2D eigenvalue weighted by Crippen LogP contribution is 2.22. The molecule has 0 bridgehead atoms. The molecule has 1 saturated heterocycles. The zero-order chi connectivity index (χ0) is 19.9. The number of hydrogen-bond acceptors (Lipinski definition) is 5. The molecule has 1 aliphatic rings. The average molecular weight is 402 g/mol. The number of pyridine rings is 2. The predicted molar refractivity (Wildman–Crippen MR) is 105 cm³/mol. The number of fused-ring (bicyclic) bond motifs is 1. The van der Waals surface area contributed by atoms with Crippen LogP contribution in [0.3, 0.4) is 0 Å². The van der Waals surface area contributed by atoms with E-state index in [9.17, 15) is 13.2 Å². The average Bonchev–Trinajstić information content (AvgIpc) is 3.10. The molecule has 0 atom stereocenters. The molecule has 0 amide bonds.